The molecule has 0 atom stereocenters. The van der Waals surface area contributed by atoms with Gasteiger partial charge in [-0.3, -0.25) is 4.79 Å². The zero-order valence-corrected chi connectivity index (χ0v) is 9.46. The minimum Gasteiger partial charge on any atom is -0.462 e. The number of hydrogen-bond donors (Lipinski definition) is 0. The standard InChI is InChI=1S/C11H15NO3/c1-5-15-11(14)9-8(3)12(4)6-7(2)10(9)13/h6H,5H2,1-4H3. The predicted molar refractivity (Wildman–Crippen MR) is 57.1 cm³/mol. The average molecular weight is 209 g/mol. The summed E-state index contributed by atoms with van der Waals surface area (Å²) in [7, 11) is 1.80. The number of aryl methyl sites for hydroxylation is 2. The van der Waals surface area contributed by atoms with Gasteiger partial charge >= 0.3 is 5.97 Å². The Hall–Kier alpha value is -1.58. The van der Waals surface area contributed by atoms with E-state index < -0.39 is 5.97 Å². The van der Waals surface area contributed by atoms with Crippen molar-refractivity contribution in [2.75, 3.05) is 6.61 Å². The molecule has 0 saturated carbocycles. The Bertz CT molecular complexity index is 446. The number of carbonyl (C=O) groups excluding carboxylic acids is 1. The lowest BCUT2D eigenvalue weighted by molar-refractivity contribution is 0.0522. The second kappa shape index (κ2) is 4.29. The number of nitrogens with zero attached hydrogens (tertiary/aromatic N) is 1. The van der Waals surface area contributed by atoms with Crippen LogP contribution in [0.15, 0.2) is 11.0 Å². The van der Waals surface area contributed by atoms with Crippen molar-refractivity contribution >= 4 is 5.97 Å². The van der Waals surface area contributed by atoms with Crippen LogP contribution < -0.4 is 5.43 Å². The molecule has 1 aromatic heterocycles. The molecule has 0 aliphatic rings. The molecule has 0 aromatic carbocycles. The largest absolute Gasteiger partial charge is 0.462 e. The van der Waals surface area contributed by atoms with Crippen molar-refractivity contribution in [2.24, 2.45) is 7.05 Å². The number of hydrogen-bond acceptors (Lipinski definition) is 3. The first-order chi connectivity index (χ1) is 6.99. The van der Waals surface area contributed by atoms with Crippen LogP contribution in [0.4, 0.5) is 0 Å². The third-order valence-corrected chi connectivity index (χ3v) is 2.34. The molecule has 0 fully saturated rings. The van der Waals surface area contributed by atoms with Gasteiger partial charge in [0.25, 0.3) is 0 Å². The highest BCUT2D eigenvalue weighted by atomic mass is 16.5. The zero-order valence-electron chi connectivity index (χ0n) is 9.46. The summed E-state index contributed by atoms with van der Waals surface area (Å²) >= 11 is 0. The lowest BCUT2D eigenvalue weighted by atomic mass is 10.1. The quantitative estimate of drug-likeness (QED) is 0.687. The van der Waals surface area contributed by atoms with Crippen molar-refractivity contribution in [1.29, 1.82) is 0 Å². The minimum absolute atomic E-state index is 0.138. The SMILES string of the molecule is CCOC(=O)c1c(C)n(C)cc(C)c1=O. The maximum Gasteiger partial charge on any atom is 0.343 e. The van der Waals surface area contributed by atoms with Gasteiger partial charge in [0.2, 0.25) is 0 Å². The van der Waals surface area contributed by atoms with Crippen molar-refractivity contribution in [1.82, 2.24) is 4.57 Å². The van der Waals surface area contributed by atoms with E-state index in [9.17, 15) is 9.59 Å². The van der Waals surface area contributed by atoms with E-state index in [1.807, 2.05) is 0 Å². The third-order valence-electron chi connectivity index (χ3n) is 2.34. The molecular formula is C11H15NO3. The zero-order chi connectivity index (χ0) is 11.6. The minimum atomic E-state index is -0.542. The van der Waals surface area contributed by atoms with Crippen LogP contribution in [0.1, 0.15) is 28.5 Å². The van der Waals surface area contributed by atoms with E-state index in [2.05, 4.69) is 0 Å². The summed E-state index contributed by atoms with van der Waals surface area (Å²) < 4.78 is 6.60. The first-order valence-corrected chi connectivity index (χ1v) is 4.83. The molecule has 0 saturated heterocycles. The molecule has 1 heterocycles. The topological polar surface area (TPSA) is 48.3 Å². The maximum atomic E-state index is 11.7. The maximum absolute atomic E-state index is 11.7. The fourth-order valence-electron chi connectivity index (χ4n) is 1.43. The highest BCUT2D eigenvalue weighted by Gasteiger charge is 2.17. The molecule has 0 radical (unpaired) electrons. The second-order valence-electron chi connectivity index (χ2n) is 3.43. The van der Waals surface area contributed by atoms with E-state index in [-0.39, 0.29) is 17.6 Å². The van der Waals surface area contributed by atoms with Crippen molar-refractivity contribution in [3.05, 3.63) is 33.2 Å². The smallest absolute Gasteiger partial charge is 0.343 e. The van der Waals surface area contributed by atoms with Crippen LogP contribution >= 0.6 is 0 Å². The summed E-state index contributed by atoms with van der Waals surface area (Å²) in [6.07, 6.45) is 1.71. The fourth-order valence-corrected chi connectivity index (χ4v) is 1.43. The molecule has 0 spiro atoms. The van der Waals surface area contributed by atoms with E-state index in [0.717, 1.165) is 0 Å². The molecule has 1 aromatic rings. The number of ether oxygens (including phenoxy) is 1. The molecule has 0 aliphatic heterocycles. The van der Waals surface area contributed by atoms with Crippen LogP contribution in [0.2, 0.25) is 0 Å². The van der Waals surface area contributed by atoms with Crippen molar-refractivity contribution < 1.29 is 9.53 Å². The van der Waals surface area contributed by atoms with Gasteiger partial charge in [-0.25, -0.2) is 4.79 Å². The van der Waals surface area contributed by atoms with Gasteiger partial charge in [0.1, 0.15) is 5.56 Å². The van der Waals surface area contributed by atoms with E-state index in [1.54, 1.807) is 38.6 Å². The van der Waals surface area contributed by atoms with Gasteiger partial charge < -0.3 is 9.30 Å². The fraction of sp³-hybridized carbons (Fsp3) is 0.455. The first-order valence-electron chi connectivity index (χ1n) is 4.83. The molecule has 1 rings (SSSR count). The van der Waals surface area contributed by atoms with Crippen molar-refractivity contribution in [3.8, 4) is 0 Å². The Labute approximate surface area is 88.5 Å². The Balaban J connectivity index is 3.39. The van der Waals surface area contributed by atoms with Gasteiger partial charge in [-0.1, -0.05) is 0 Å². The average Bonchev–Trinajstić information content (AvgIpc) is 2.16. The van der Waals surface area contributed by atoms with E-state index in [4.69, 9.17) is 4.74 Å². The van der Waals surface area contributed by atoms with E-state index in [1.165, 1.54) is 0 Å². The Morgan fingerprint density at radius 3 is 2.60 bits per heavy atom. The third kappa shape index (κ3) is 2.09. The predicted octanol–water partition coefficient (Wildman–Crippen LogP) is 1.18. The molecule has 0 unspecified atom stereocenters. The van der Waals surface area contributed by atoms with Gasteiger partial charge in [-0.15, -0.1) is 0 Å². The van der Waals surface area contributed by atoms with Gasteiger partial charge in [0.15, 0.2) is 5.43 Å². The lowest BCUT2D eigenvalue weighted by Gasteiger charge is -2.10. The molecule has 0 amide bonds. The van der Waals surface area contributed by atoms with Gasteiger partial charge in [-0.2, -0.15) is 0 Å². The molecule has 0 N–H and O–H groups in total. The van der Waals surface area contributed by atoms with Crippen LogP contribution in [-0.4, -0.2) is 17.1 Å². The van der Waals surface area contributed by atoms with Crippen molar-refractivity contribution in [3.63, 3.8) is 0 Å². The summed E-state index contributed by atoms with van der Waals surface area (Å²) in [5.74, 6) is -0.542. The number of carbonyl (C=O) groups is 1. The molecule has 0 bridgehead atoms. The van der Waals surface area contributed by atoms with Gasteiger partial charge in [-0.05, 0) is 20.8 Å². The molecular weight excluding hydrogens is 194 g/mol. The summed E-state index contributed by atoms with van der Waals surface area (Å²) in [5, 5.41) is 0. The van der Waals surface area contributed by atoms with Crippen LogP contribution in [-0.2, 0) is 11.8 Å². The Morgan fingerprint density at radius 2 is 2.07 bits per heavy atom. The highest BCUT2D eigenvalue weighted by Crippen LogP contribution is 2.05. The van der Waals surface area contributed by atoms with Crippen LogP contribution in [0, 0.1) is 13.8 Å². The molecule has 15 heavy (non-hydrogen) atoms. The summed E-state index contributed by atoms with van der Waals surface area (Å²) in [4.78, 5) is 23.3. The van der Waals surface area contributed by atoms with E-state index >= 15 is 0 Å². The molecule has 4 heteroatoms. The summed E-state index contributed by atoms with van der Waals surface area (Å²) in [6.45, 7) is 5.40. The molecule has 82 valence electrons. The number of aromatic nitrogens is 1. The monoisotopic (exact) mass is 209 g/mol. The van der Waals surface area contributed by atoms with Gasteiger partial charge in [0, 0.05) is 24.5 Å². The molecule has 0 aliphatic carbocycles. The Morgan fingerprint density at radius 1 is 1.47 bits per heavy atom. The second-order valence-corrected chi connectivity index (χ2v) is 3.43. The number of esters is 1. The number of rotatable bonds is 2. The van der Waals surface area contributed by atoms with Crippen LogP contribution in [0.3, 0.4) is 0 Å². The summed E-state index contributed by atoms with van der Waals surface area (Å²) in [5.41, 5.74) is 1.07. The summed E-state index contributed by atoms with van der Waals surface area (Å²) in [6, 6.07) is 0. The molecule has 4 nitrogen and oxygen atoms in total. The first kappa shape index (κ1) is 11.5. The lowest BCUT2D eigenvalue weighted by Crippen LogP contribution is -2.24. The van der Waals surface area contributed by atoms with Crippen LogP contribution in [0.25, 0.3) is 0 Å². The van der Waals surface area contributed by atoms with Crippen LogP contribution in [0.5, 0.6) is 0 Å². The van der Waals surface area contributed by atoms with E-state index in [0.29, 0.717) is 11.3 Å². The van der Waals surface area contributed by atoms with Gasteiger partial charge in [0.05, 0.1) is 6.61 Å². The number of pyridine rings is 1. The highest BCUT2D eigenvalue weighted by molar-refractivity contribution is 5.90. The van der Waals surface area contributed by atoms with Crippen molar-refractivity contribution in [2.45, 2.75) is 20.8 Å². The Kier molecular flexibility index (Phi) is 3.29. The normalized spacial score (nSPS) is 10.1.